The molecule has 0 fully saturated rings. The Balaban J connectivity index is 3.63. The molecule has 0 spiro atoms. The molecule has 0 atom stereocenters. The average Bonchev–Trinajstić information content (AvgIpc) is 1.88. The molecule has 3 nitrogen and oxygen atoms in total. The van der Waals surface area contributed by atoms with Crippen molar-refractivity contribution in [2.45, 2.75) is 6.92 Å². The summed E-state index contributed by atoms with van der Waals surface area (Å²) in [6, 6.07) is 3.45. The van der Waals surface area contributed by atoms with E-state index in [1.54, 1.807) is 19.1 Å². The second-order valence-corrected chi connectivity index (χ2v) is 2.48. The number of hydrogen-bond acceptors (Lipinski definition) is 2. The summed E-state index contributed by atoms with van der Waals surface area (Å²) in [6.07, 6.45) is 1.42. The second-order valence-electron chi connectivity index (χ2n) is 1.92. The molecule has 1 aromatic rings. The minimum atomic E-state index is 0.285. The standard InChI is InChI=1S/C6H7NO2S/c1-5-3-2-4-7(8)6(5)10-9/h2-4,8H,1H3. The zero-order valence-electron chi connectivity index (χ0n) is 5.44. The van der Waals surface area contributed by atoms with Gasteiger partial charge in [0.2, 0.25) is 0 Å². The van der Waals surface area contributed by atoms with Crippen molar-refractivity contribution in [2.75, 3.05) is 0 Å². The summed E-state index contributed by atoms with van der Waals surface area (Å²) in [5.74, 6) is 0. The molecular weight excluding hydrogens is 150 g/mol. The Morgan fingerprint density at radius 1 is 1.70 bits per heavy atom. The number of aromatic nitrogens is 1. The first kappa shape index (κ1) is 7.08. The molecule has 1 N–H and O–H groups in total. The first-order valence-corrected chi connectivity index (χ1v) is 3.50. The molecule has 0 unspecified atom stereocenters. The van der Waals surface area contributed by atoms with Crippen LogP contribution in [0.15, 0.2) is 18.3 Å². The summed E-state index contributed by atoms with van der Waals surface area (Å²) in [7, 11) is 0. The highest BCUT2D eigenvalue weighted by molar-refractivity contribution is 7.56. The van der Waals surface area contributed by atoms with Crippen LogP contribution >= 0.6 is 0 Å². The molecule has 1 rings (SSSR count). The van der Waals surface area contributed by atoms with Gasteiger partial charge in [-0.2, -0.15) is 4.73 Å². The normalized spacial score (nSPS) is 9.30. The molecule has 0 saturated carbocycles. The molecule has 0 aromatic carbocycles. The lowest BCUT2D eigenvalue weighted by Gasteiger charge is -1.95. The Morgan fingerprint density at radius 3 is 2.80 bits per heavy atom. The summed E-state index contributed by atoms with van der Waals surface area (Å²) in [4.78, 5) is 0. The van der Waals surface area contributed by atoms with Gasteiger partial charge in [0.1, 0.15) is 11.3 Å². The predicted octanol–water partition coefficient (Wildman–Crippen LogP) is 0.779. The molecule has 0 aliphatic heterocycles. The molecule has 54 valence electrons. The van der Waals surface area contributed by atoms with Crippen LogP contribution in [0.25, 0.3) is 0 Å². The van der Waals surface area contributed by atoms with Crippen molar-refractivity contribution in [1.29, 1.82) is 0 Å². The number of nitrogens with zero attached hydrogens (tertiary/aromatic N) is 1. The molecule has 4 heteroatoms. The van der Waals surface area contributed by atoms with Crippen LogP contribution < -0.4 is 0 Å². The first-order chi connectivity index (χ1) is 4.75. The van der Waals surface area contributed by atoms with E-state index in [2.05, 4.69) is 0 Å². The summed E-state index contributed by atoms with van der Waals surface area (Å²) >= 11 is 0.285. The summed E-state index contributed by atoms with van der Waals surface area (Å²) < 4.78 is 11.5. The zero-order valence-corrected chi connectivity index (χ0v) is 6.26. The van der Waals surface area contributed by atoms with Crippen LogP contribution in [0.5, 0.6) is 0 Å². The van der Waals surface area contributed by atoms with E-state index in [4.69, 9.17) is 5.21 Å². The Labute approximate surface area is 61.6 Å². The fourth-order valence-electron chi connectivity index (χ4n) is 0.692. The topological polar surface area (TPSA) is 42.2 Å². The lowest BCUT2D eigenvalue weighted by Crippen LogP contribution is -1.95. The molecule has 0 radical (unpaired) electrons. The SMILES string of the molecule is Cc1cccn(O)c1=S=O. The second kappa shape index (κ2) is 2.70. The lowest BCUT2D eigenvalue weighted by molar-refractivity contribution is 0.179. The fourth-order valence-corrected chi connectivity index (χ4v) is 1.03. The molecular formula is C6H7NO2S. The van der Waals surface area contributed by atoms with Crippen LogP contribution in [0.4, 0.5) is 0 Å². The number of pyridine rings is 1. The van der Waals surface area contributed by atoms with Gasteiger partial charge in [-0.05, 0) is 18.6 Å². The molecule has 1 heterocycles. The molecule has 10 heavy (non-hydrogen) atoms. The highest BCUT2D eigenvalue weighted by atomic mass is 32.1. The molecule has 0 amide bonds. The third-order valence-corrected chi connectivity index (χ3v) is 1.86. The number of hydrogen-bond donors (Lipinski definition) is 1. The van der Waals surface area contributed by atoms with Gasteiger partial charge in [-0.15, -0.1) is 0 Å². The van der Waals surface area contributed by atoms with Crippen LogP contribution in [0, 0.1) is 11.6 Å². The van der Waals surface area contributed by atoms with E-state index in [0.29, 0.717) is 4.64 Å². The smallest absolute Gasteiger partial charge is 0.175 e. The Bertz CT molecular complexity index is 302. The van der Waals surface area contributed by atoms with Crippen LogP contribution in [0.3, 0.4) is 0 Å². The Morgan fingerprint density at radius 2 is 2.40 bits per heavy atom. The molecule has 1 aromatic heterocycles. The van der Waals surface area contributed by atoms with Gasteiger partial charge in [-0.1, -0.05) is 6.07 Å². The van der Waals surface area contributed by atoms with Crippen molar-refractivity contribution in [2.24, 2.45) is 0 Å². The van der Waals surface area contributed by atoms with Crippen molar-refractivity contribution in [3.05, 3.63) is 28.5 Å². The largest absolute Gasteiger partial charge is 0.428 e. The van der Waals surface area contributed by atoms with Gasteiger partial charge in [0.15, 0.2) is 4.64 Å². The highest BCUT2D eigenvalue weighted by Gasteiger charge is 1.90. The van der Waals surface area contributed by atoms with Gasteiger partial charge in [0.25, 0.3) is 0 Å². The van der Waals surface area contributed by atoms with Crippen LogP contribution in [0.2, 0.25) is 0 Å². The van der Waals surface area contributed by atoms with Crippen LogP contribution in [0.1, 0.15) is 5.56 Å². The third kappa shape index (κ3) is 1.11. The third-order valence-electron chi connectivity index (χ3n) is 1.20. The first-order valence-electron chi connectivity index (χ1n) is 2.76. The van der Waals surface area contributed by atoms with E-state index < -0.39 is 0 Å². The van der Waals surface area contributed by atoms with Crippen molar-refractivity contribution in [3.63, 3.8) is 0 Å². The van der Waals surface area contributed by atoms with Crippen molar-refractivity contribution < 1.29 is 9.42 Å². The number of aryl methyl sites for hydroxylation is 1. The van der Waals surface area contributed by atoms with Gasteiger partial charge in [-0.3, -0.25) is 0 Å². The maximum absolute atomic E-state index is 10.3. The number of rotatable bonds is 0. The van der Waals surface area contributed by atoms with Crippen LogP contribution in [-0.2, 0) is 11.3 Å². The predicted molar refractivity (Wildman–Crippen MR) is 37.7 cm³/mol. The van der Waals surface area contributed by atoms with Gasteiger partial charge in [-0.25, -0.2) is 4.21 Å². The Hall–Kier alpha value is -1.03. The highest BCUT2D eigenvalue weighted by Crippen LogP contribution is 1.95. The van der Waals surface area contributed by atoms with Gasteiger partial charge >= 0.3 is 0 Å². The van der Waals surface area contributed by atoms with Gasteiger partial charge < -0.3 is 5.21 Å². The zero-order chi connectivity index (χ0) is 7.56. The quantitative estimate of drug-likeness (QED) is 0.446. The van der Waals surface area contributed by atoms with E-state index in [1.165, 1.54) is 6.20 Å². The molecule has 0 bridgehead atoms. The van der Waals surface area contributed by atoms with Crippen LogP contribution in [-0.4, -0.2) is 14.1 Å². The molecule has 0 aliphatic rings. The molecule has 0 saturated heterocycles. The minimum absolute atomic E-state index is 0.285. The average molecular weight is 157 g/mol. The fraction of sp³-hybridized carbons (Fsp3) is 0.167. The van der Waals surface area contributed by atoms with E-state index >= 15 is 0 Å². The monoisotopic (exact) mass is 157 g/mol. The van der Waals surface area contributed by atoms with E-state index in [-0.39, 0.29) is 11.3 Å². The minimum Gasteiger partial charge on any atom is -0.428 e. The van der Waals surface area contributed by atoms with Gasteiger partial charge in [0, 0.05) is 6.20 Å². The Kier molecular flexibility index (Phi) is 1.91. The summed E-state index contributed by atoms with van der Waals surface area (Å²) in [6.45, 7) is 1.77. The van der Waals surface area contributed by atoms with E-state index in [0.717, 1.165) is 10.3 Å². The summed E-state index contributed by atoms with van der Waals surface area (Å²) in [5.41, 5.74) is 0.782. The maximum atomic E-state index is 10.3. The van der Waals surface area contributed by atoms with Crippen molar-refractivity contribution >= 4 is 11.3 Å². The maximum Gasteiger partial charge on any atom is 0.175 e. The lowest BCUT2D eigenvalue weighted by atomic mass is 10.3. The molecule has 0 aliphatic carbocycles. The van der Waals surface area contributed by atoms with Gasteiger partial charge in [0.05, 0.1) is 0 Å². The van der Waals surface area contributed by atoms with E-state index in [1.807, 2.05) is 0 Å². The summed E-state index contributed by atoms with van der Waals surface area (Å²) in [5, 5.41) is 8.99. The van der Waals surface area contributed by atoms with Crippen molar-refractivity contribution in [1.82, 2.24) is 4.73 Å². The van der Waals surface area contributed by atoms with Crippen molar-refractivity contribution in [3.8, 4) is 0 Å². The van der Waals surface area contributed by atoms with E-state index in [9.17, 15) is 4.21 Å².